The molecule has 140 valence electrons. The van der Waals surface area contributed by atoms with Gasteiger partial charge in [0, 0.05) is 13.1 Å². The lowest BCUT2D eigenvalue weighted by molar-refractivity contribution is -0.119. The molecule has 0 radical (unpaired) electrons. The number of hydrogen-bond donors (Lipinski definition) is 1. The molecule has 2 aliphatic carbocycles. The van der Waals surface area contributed by atoms with Gasteiger partial charge < -0.3 is 14.3 Å². The first kappa shape index (κ1) is 17.6. The molecule has 2 heterocycles. The Balaban J connectivity index is 1.32. The summed E-state index contributed by atoms with van der Waals surface area (Å²) in [6.45, 7) is 4.07. The van der Waals surface area contributed by atoms with Crippen LogP contribution < -0.4 is 5.32 Å². The minimum Gasteiger partial charge on any atom is -0.469 e. The molecule has 4 unspecified atom stereocenters. The number of fused-ring (bicyclic) bond motifs is 2. The highest BCUT2D eigenvalue weighted by atomic mass is 32.2. The lowest BCUT2D eigenvalue weighted by atomic mass is 9.84. The summed E-state index contributed by atoms with van der Waals surface area (Å²) in [6.07, 6.45) is 7.04. The Morgan fingerprint density at radius 2 is 2.27 bits per heavy atom. The predicted molar refractivity (Wildman–Crippen MR) is 101 cm³/mol. The van der Waals surface area contributed by atoms with Crippen molar-refractivity contribution in [3.05, 3.63) is 18.1 Å². The maximum Gasteiger partial charge on any atom is 0.230 e. The summed E-state index contributed by atoms with van der Waals surface area (Å²) in [5.41, 5.74) is 0.932. The van der Waals surface area contributed by atoms with Gasteiger partial charge in [-0.3, -0.25) is 4.79 Å². The molecule has 6 nitrogen and oxygen atoms in total. The minimum atomic E-state index is 0.0781. The van der Waals surface area contributed by atoms with Crippen molar-refractivity contribution < 1.29 is 9.21 Å². The maximum atomic E-state index is 12.4. The molecule has 1 amide bonds. The van der Waals surface area contributed by atoms with Gasteiger partial charge >= 0.3 is 0 Å². The van der Waals surface area contributed by atoms with Crippen LogP contribution in [0.1, 0.15) is 38.4 Å². The molecule has 2 aliphatic rings. The Labute approximate surface area is 158 Å². The van der Waals surface area contributed by atoms with Gasteiger partial charge in [0.25, 0.3) is 0 Å². The Morgan fingerprint density at radius 1 is 1.42 bits per heavy atom. The van der Waals surface area contributed by atoms with E-state index in [1.807, 2.05) is 24.6 Å². The quantitative estimate of drug-likeness (QED) is 0.785. The van der Waals surface area contributed by atoms with Crippen LogP contribution in [-0.2, 0) is 11.8 Å². The highest BCUT2D eigenvalue weighted by Gasteiger charge is 2.42. The zero-order valence-corrected chi connectivity index (χ0v) is 16.4. The van der Waals surface area contributed by atoms with Crippen molar-refractivity contribution in [2.45, 2.75) is 50.7 Å². The fraction of sp³-hybridized carbons (Fsp3) is 0.632. The van der Waals surface area contributed by atoms with Crippen molar-refractivity contribution in [3.63, 3.8) is 0 Å². The average Bonchev–Trinajstić information content (AvgIpc) is 3.38. The number of thioether (sulfide) groups is 1. The van der Waals surface area contributed by atoms with Gasteiger partial charge in [-0.05, 0) is 56.9 Å². The third-order valence-corrected chi connectivity index (χ3v) is 7.11. The summed E-state index contributed by atoms with van der Waals surface area (Å²) >= 11 is 1.43. The van der Waals surface area contributed by atoms with E-state index in [0.717, 1.165) is 34.1 Å². The standard InChI is InChI=1S/C19H26N4O2S/c1-11(16-9-13-4-5-14(16)8-13)20-17(24)10-26-19-22-21-18(23(19)3)15-6-7-25-12(15)2/h6-7,11,13-14,16H,4-5,8-10H2,1-3H3,(H,20,24). The van der Waals surface area contributed by atoms with Gasteiger partial charge in [-0.25, -0.2) is 0 Å². The monoisotopic (exact) mass is 374 g/mol. The van der Waals surface area contributed by atoms with Crippen LogP contribution in [0.4, 0.5) is 0 Å². The van der Waals surface area contributed by atoms with Gasteiger partial charge in [0.1, 0.15) is 5.76 Å². The number of amides is 1. The van der Waals surface area contributed by atoms with E-state index in [1.165, 1.54) is 37.4 Å². The normalized spacial score (nSPS) is 25.6. The molecule has 2 aromatic rings. The number of furan rings is 1. The summed E-state index contributed by atoms with van der Waals surface area (Å²) in [4.78, 5) is 12.4. The minimum absolute atomic E-state index is 0.0781. The van der Waals surface area contributed by atoms with Crippen LogP contribution in [0.3, 0.4) is 0 Å². The second-order valence-corrected chi connectivity index (χ2v) is 8.68. The first-order valence-electron chi connectivity index (χ1n) is 9.39. The SMILES string of the molecule is Cc1occc1-c1nnc(SCC(=O)NC(C)C2CC3CCC2C3)n1C. The number of aromatic nitrogens is 3. The Hall–Kier alpha value is -1.76. The van der Waals surface area contributed by atoms with Crippen molar-refractivity contribution in [1.29, 1.82) is 0 Å². The van der Waals surface area contributed by atoms with Crippen molar-refractivity contribution >= 4 is 17.7 Å². The van der Waals surface area contributed by atoms with Gasteiger partial charge in [-0.15, -0.1) is 10.2 Å². The van der Waals surface area contributed by atoms with E-state index in [9.17, 15) is 4.79 Å². The van der Waals surface area contributed by atoms with Crippen LogP contribution in [0.25, 0.3) is 11.4 Å². The van der Waals surface area contributed by atoms with E-state index in [2.05, 4.69) is 22.4 Å². The lowest BCUT2D eigenvalue weighted by Crippen LogP contribution is -2.40. The topological polar surface area (TPSA) is 72.9 Å². The van der Waals surface area contributed by atoms with Gasteiger partial charge in [0.15, 0.2) is 11.0 Å². The number of carbonyl (C=O) groups excluding carboxylic acids is 1. The van der Waals surface area contributed by atoms with E-state index < -0.39 is 0 Å². The van der Waals surface area contributed by atoms with Crippen molar-refractivity contribution in [3.8, 4) is 11.4 Å². The van der Waals surface area contributed by atoms with Crippen LogP contribution >= 0.6 is 11.8 Å². The molecule has 26 heavy (non-hydrogen) atoms. The molecule has 2 fully saturated rings. The second-order valence-electron chi connectivity index (χ2n) is 7.74. The van der Waals surface area contributed by atoms with E-state index >= 15 is 0 Å². The molecule has 2 aromatic heterocycles. The molecule has 7 heteroatoms. The third kappa shape index (κ3) is 3.29. The number of rotatable bonds is 6. The van der Waals surface area contributed by atoms with Crippen LogP contribution in [0, 0.1) is 24.7 Å². The Kier molecular flexibility index (Phi) is 4.82. The van der Waals surface area contributed by atoms with E-state index in [-0.39, 0.29) is 11.9 Å². The summed E-state index contributed by atoms with van der Waals surface area (Å²) in [5, 5.41) is 12.4. The smallest absolute Gasteiger partial charge is 0.230 e. The number of nitrogens with one attached hydrogen (secondary N) is 1. The molecule has 4 atom stereocenters. The fourth-order valence-electron chi connectivity index (χ4n) is 4.73. The summed E-state index contributed by atoms with van der Waals surface area (Å²) < 4.78 is 7.25. The average molecular weight is 375 g/mol. The number of aryl methyl sites for hydroxylation is 1. The van der Waals surface area contributed by atoms with Gasteiger partial charge in [-0.2, -0.15) is 0 Å². The molecule has 2 saturated carbocycles. The van der Waals surface area contributed by atoms with Gasteiger partial charge in [-0.1, -0.05) is 18.2 Å². The van der Waals surface area contributed by atoms with Crippen LogP contribution in [-0.4, -0.2) is 32.5 Å². The lowest BCUT2D eigenvalue weighted by Gasteiger charge is -2.28. The summed E-state index contributed by atoms with van der Waals surface area (Å²) in [6, 6.07) is 2.15. The van der Waals surface area contributed by atoms with Gasteiger partial charge in [0.2, 0.25) is 5.91 Å². The molecule has 0 saturated heterocycles. The number of hydrogen-bond acceptors (Lipinski definition) is 5. The molecule has 0 aliphatic heterocycles. The predicted octanol–water partition coefficient (Wildman–Crippen LogP) is 3.42. The zero-order valence-electron chi connectivity index (χ0n) is 15.6. The van der Waals surface area contributed by atoms with Gasteiger partial charge in [0.05, 0.1) is 17.6 Å². The highest BCUT2D eigenvalue weighted by Crippen LogP contribution is 2.49. The molecule has 0 aromatic carbocycles. The molecule has 4 rings (SSSR count). The van der Waals surface area contributed by atoms with E-state index in [1.54, 1.807) is 6.26 Å². The molecular formula is C19H26N4O2S. The van der Waals surface area contributed by atoms with Crippen LogP contribution in [0.5, 0.6) is 0 Å². The zero-order chi connectivity index (χ0) is 18.3. The van der Waals surface area contributed by atoms with Crippen molar-refractivity contribution in [2.75, 3.05) is 5.75 Å². The maximum absolute atomic E-state index is 12.4. The molecule has 0 spiro atoms. The first-order chi connectivity index (χ1) is 12.5. The van der Waals surface area contributed by atoms with Crippen LogP contribution in [0.2, 0.25) is 0 Å². The second kappa shape index (κ2) is 7.10. The molecule has 2 bridgehead atoms. The largest absolute Gasteiger partial charge is 0.469 e. The highest BCUT2D eigenvalue weighted by molar-refractivity contribution is 7.99. The van der Waals surface area contributed by atoms with E-state index in [0.29, 0.717) is 11.7 Å². The summed E-state index contributed by atoms with van der Waals surface area (Å²) in [7, 11) is 1.92. The van der Waals surface area contributed by atoms with Crippen molar-refractivity contribution in [1.82, 2.24) is 20.1 Å². The van der Waals surface area contributed by atoms with E-state index in [4.69, 9.17) is 4.42 Å². The summed E-state index contributed by atoms with van der Waals surface area (Å²) in [5.74, 6) is 4.40. The van der Waals surface area contributed by atoms with Crippen LogP contribution in [0.15, 0.2) is 21.9 Å². The molecular weight excluding hydrogens is 348 g/mol. The third-order valence-electron chi connectivity index (χ3n) is 6.09. The number of carbonyl (C=O) groups is 1. The Morgan fingerprint density at radius 3 is 2.92 bits per heavy atom. The first-order valence-corrected chi connectivity index (χ1v) is 10.4. The number of nitrogens with zero attached hydrogens (tertiary/aromatic N) is 3. The molecule has 1 N–H and O–H groups in total. The Bertz CT molecular complexity index is 799. The van der Waals surface area contributed by atoms with Crippen molar-refractivity contribution in [2.24, 2.45) is 24.8 Å². The fourth-order valence-corrected chi connectivity index (χ4v) is 5.45.